The first-order chi connectivity index (χ1) is 17.8. The summed E-state index contributed by atoms with van der Waals surface area (Å²) >= 11 is 1.92. The molecule has 4 rings (SSSR count). The molecule has 1 aliphatic rings. The molecular formula is C30H40N4O2S. The molecule has 1 atom stereocenters. The van der Waals surface area contributed by atoms with Crippen LogP contribution in [0.2, 0.25) is 0 Å². The highest BCUT2D eigenvalue weighted by Gasteiger charge is 2.26. The van der Waals surface area contributed by atoms with Gasteiger partial charge in [-0.2, -0.15) is 16.7 Å². The van der Waals surface area contributed by atoms with E-state index in [2.05, 4.69) is 96.6 Å². The molecule has 1 aromatic heterocycles. The molecule has 2 heterocycles. The van der Waals surface area contributed by atoms with Crippen LogP contribution in [0.3, 0.4) is 0 Å². The molecule has 1 aliphatic heterocycles. The zero-order valence-electron chi connectivity index (χ0n) is 22.6. The number of piperidine rings is 1. The number of nitrogens with one attached hydrogen (secondary N) is 1. The van der Waals surface area contributed by atoms with Crippen molar-refractivity contribution in [1.29, 1.82) is 0 Å². The van der Waals surface area contributed by atoms with Crippen LogP contribution in [-0.4, -0.2) is 46.3 Å². The molecule has 3 aromatic rings. The summed E-state index contributed by atoms with van der Waals surface area (Å²) in [5, 5.41) is 7.35. The molecule has 0 aliphatic carbocycles. The van der Waals surface area contributed by atoms with Crippen molar-refractivity contribution in [1.82, 2.24) is 20.4 Å². The maximum absolute atomic E-state index is 12.8. The number of benzene rings is 2. The Morgan fingerprint density at radius 1 is 1.14 bits per heavy atom. The van der Waals surface area contributed by atoms with Crippen LogP contribution in [0.15, 0.2) is 53.1 Å². The summed E-state index contributed by atoms with van der Waals surface area (Å²) in [7, 11) is 0. The number of likely N-dealkylation sites (tertiary alicyclic amines) is 1. The number of aryl methyl sites for hydroxylation is 1. The highest BCUT2D eigenvalue weighted by atomic mass is 32.2. The number of aromatic nitrogens is 2. The van der Waals surface area contributed by atoms with Crippen LogP contribution in [0, 0.1) is 12.8 Å². The third-order valence-corrected chi connectivity index (χ3v) is 7.98. The Balaban J connectivity index is 1.18. The van der Waals surface area contributed by atoms with Gasteiger partial charge in [-0.25, -0.2) is 0 Å². The number of carbonyl (C=O) groups excluding carboxylic acids is 1. The van der Waals surface area contributed by atoms with Gasteiger partial charge in [0.05, 0.1) is 12.5 Å². The standard InChI is InChI=1S/C30H40N4O2S/c1-22-8-10-23(11-9-22)21-37-18-6-16-31-29(35)25-7-5-17-34(19-25)20-27-32-28(33-36-27)24-12-14-26(15-13-24)30(2,3)4/h8-15,25H,5-7,16-21H2,1-4H3,(H,31,35). The summed E-state index contributed by atoms with van der Waals surface area (Å²) in [5.41, 5.74) is 4.99. The zero-order valence-corrected chi connectivity index (χ0v) is 23.4. The minimum atomic E-state index is 0.0151. The normalized spacial score (nSPS) is 16.6. The fraction of sp³-hybridized carbons (Fsp3) is 0.500. The Kier molecular flexibility index (Phi) is 9.43. The molecule has 1 fully saturated rings. The molecule has 0 saturated carbocycles. The van der Waals surface area contributed by atoms with Crippen molar-refractivity contribution in [3.8, 4) is 11.4 Å². The number of rotatable bonds is 10. The second kappa shape index (κ2) is 12.7. The largest absolute Gasteiger partial charge is 0.356 e. The van der Waals surface area contributed by atoms with Gasteiger partial charge in [0.25, 0.3) is 0 Å². The molecule has 0 bridgehead atoms. The van der Waals surface area contributed by atoms with Crippen molar-refractivity contribution in [3.63, 3.8) is 0 Å². The average Bonchev–Trinajstić information content (AvgIpc) is 3.35. The van der Waals surface area contributed by atoms with Crippen LogP contribution in [-0.2, 0) is 22.5 Å². The molecule has 1 saturated heterocycles. The summed E-state index contributed by atoms with van der Waals surface area (Å²) in [6, 6.07) is 17.1. The van der Waals surface area contributed by atoms with E-state index in [1.54, 1.807) is 0 Å². The molecule has 0 spiro atoms. The molecular weight excluding hydrogens is 480 g/mol. The first-order valence-corrected chi connectivity index (χ1v) is 14.5. The third-order valence-electron chi connectivity index (χ3n) is 6.87. The number of hydrogen-bond donors (Lipinski definition) is 1. The van der Waals surface area contributed by atoms with Crippen molar-refractivity contribution in [3.05, 3.63) is 71.1 Å². The maximum Gasteiger partial charge on any atom is 0.241 e. The topological polar surface area (TPSA) is 71.3 Å². The first-order valence-electron chi connectivity index (χ1n) is 13.3. The molecule has 1 amide bonds. The summed E-state index contributed by atoms with van der Waals surface area (Å²) in [6.07, 6.45) is 2.92. The molecule has 2 aromatic carbocycles. The van der Waals surface area contributed by atoms with Gasteiger partial charge in [0.1, 0.15) is 0 Å². The fourth-order valence-corrected chi connectivity index (χ4v) is 5.49. The van der Waals surface area contributed by atoms with Crippen molar-refractivity contribution in [2.75, 3.05) is 25.4 Å². The lowest BCUT2D eigenvalue weighted by Crippen LogP contribution is -2.43. The minimum Gasteiger partial charge on any atom is -0.356 e. The Labute approximate surface area is 225 Å². The number of amides is 1. The van der Waals surface area contributed by atoms with Crippen LogP contribution in [0.1, 0.15) is 62.6 Å². The van der Waals surface area contributed by atoms with Gasteiger partial charge in [-0.3, -0.25) is 9.69 Å². The van der Waals surface area contributed by atoms with Gasteiger partial charge in [-0.05, 0) is 55.0 Å². The second-order valence-corrected chi connectivity index (χ2v) is 12.2. The lowest BCUT2D eigenvalue weighted by molar-refractivity contribution is -0.126. The fourth-order valence-electron chi connectivity index (χ4n) is 4.56. The maximum atomic E-state index is 12.8. The van der Waals surface area contributed by atoms with Crippen molar-refractivity contribution in [2.24, 2.45) is 5.92 Å². The highest BCUT2D eigenvalue weighted by Crippen LogP contribution is 2.25. The van der Waals surface area contributed by atoms with Crippen LogP contribution in [0.25, 0.3) is 11.4 Å². The van der Waals surface area contributed by atoms with E-state index in [1.807, 2.05) is 11.8 Å². The van der Waals surface area contributed by atoms with Gasteiger partial charge in [-0.15, -0.1) is 0 Å². The van der Waals surface area contributed by atoms with Gasteiger partial charge >= 0.3 is 0 Å². The second-order valence-electron chi connectivity index (χ2n) is 11.1. The molecule has 0 radical (unpaired) electrons. The lowest BCUT2D eigenvalue weighted by Gasteiger charge is -2.30. The van der Waals surface area contributed by atoms with Gasteiger partial charge in [-0.1, -0.05) is 80.0 Å². The summed E-state index contributed by atoms with van der Waals surface area (Å²) in [6.45, 7) is 11.7. The van der Waals surface area contributed by atoms with Gasteiger partial charge < -0.3 is 9.84 Å². The quantitative estimate of drug-likeness (QED) is 0.331. The smallest absolute Gasteiger partial charge is 0.241 e. The van der Waals surface area contributed by atoms with Crippen molar-refractivity contribution >= 4 is 17.7 Å². The monoisotopic (exact) mass is 520 g/mol. The van der Waals surface area contributed by atoms with E-state index in [0.29, 0.717) is 18.3 Å². The Hall–Kier alpha value is -2.64. The van der Waals surface area contributed by atoms with E-state index in [9.17, 15) is 4.79 Å². The SMILES string of the molecule is Cc1ccc(CSCCCNC(=O)C2CCCN(Cc3nc(-c4ccc(C(C)(C)C)cc4)no3)C2)cc1. The molecule has 6 nitrogen and oxygen atoms in total. The highest BCUT2D eigenvalue weighted by molar-refractivity contribution is 7.98. The van der Waals surface area contributed by atoms with Gasteiger partial charge in [0, 0.05) is 24.4 Å². The summed E-state index contributed by atoms with van der Waals surface area (Å²) in [5.74, 6) is 3.46. The summed E-state index contributed by atoms with van der Waals surface area (Å²) < 4.78 is 5.55. The minimum absolute atomic E-state index is 0.0151. The van der Waals surface area contributed by atoms with Gasteiger partial charge in [0.2, 0.25) is 17.6 Å². The van der Waals surface area contributed by atoms with Crippen LogP contribution < -0.4 is 5.32 Å². The number of thioether (sulfide) groups is 1. The molecule has 1 N–H and O–H groups in total. The number of nitrogens with zero attached hydrogens (tertiary/aromatic N) is 3. The molecule has 37 heavy (non-hydrogen) atoms. The van der Waals surface area contributed by atoms with E-state index in [-0.39, 0.29) is 17.2 Å². The summed E-state index contributed by atoms with van der Waals surface area (Å²) in [4.78, 5) is 19.6. The molecule has 1 unspecified atom stereocenters. The lowest BCUT2D eigenvalue weighted by atomic mass is 9.87. The predicted molar refractivity (Wildman–Crippen MR) is 151 cm³/mol. The van der Waals surface area contributed by atoms with E-state index in [0.717, 1.165) is 56.0 Å². The molecule has 7 heteroatoms. The van der Waals surface area contributed by atoms with E-state index >= 15 is 0 Å². The average molecular weight is 521 g/mol. The Bertz CT molecular complexity index is 1140. The Morgan fingerprint density at radius 2 is 1.89 bits per heavy atom. The van der Waals surface area contributed by atoms with Crippen molar-refractivity contribution in [2.45, 2.75) is 64.7 Å². The first kappa shape index (κ1) is 27.4. The Morgan fingerprint density at radius 3 is 2.62 bits per heavy atom. The van der Waals surface area contributed by atoms with Crippen molar-refractivity contribution < 1.29 is 9.32 Å². The third kappa shape index (κ3) is 8.17. The van der Waals surface area contributed by atoms with Gasteiger partial charge in [0.15, 0.2) is 0 Å². The molecule has 198 valence electrons. The zero-order chi connectivity index (χ0) is 26.3. The van der Waals surface area contributed by atoms with E-state index < -0.39 is 0 Å². The van der Waals surface area contributed by atoms with Crippen LogP contribution >= 0.6 is 11.8 Å². The number of hydrogen-bond acceptors (Lipinski definition) is 6. The number of carbonyl (C=O) groups is 1. The predicted octanol–water partition coefficient (Wildman–Crippen LogP) is 5.99. The van der Waals surface area contributed by atoms with E-state index in [1.165, 1.54) is 16.7 Å². The van der Waals surface area contributed by atoms with Crippen LogP contribution in [0.5, 0.6) is 0 Å². The van der Waals surface area contributed by atoms with E-state index in [4.69, 9.17) is 4.52 Å². The van der Waals surface area contributed by atoms with Crippen LogP contribution in [0.4, 0.5) is 0 Å².